The molecule has 32 heavy (non-hydrogen) atoms. The molecule has 1 aliphatic rings. The first kappa shape index (κ1) is 21.7. The zero-order chi connectivity index (χ0) is 23.0. The molecule has 1 aliphatic heterocycles. The Hall–Kier alpha value is -3.50. The Balaban J connectivity index is 1.56. The van der Waals surface area contributed by atoms with E-state index in [1.807, 2.05) is 0 Å². The number of hydrogen-bond acceptors (Lipinski definition) is 9. The van der Waals surface area contributed by atoms with Gasteiger partial charge in [0.05, 0.1) is 17.0 Å². The zero-order valence-electron chi connectivity index (χ0n) is 16.5. The van der Waals surface area contributed by atoms with Gasteiger partial charge in [-0.3, -0.25) is 14.4 Å². The molecule has 4 rings (SSSR count). The standard InChI is InChI=1S/C21H14ClNO8S/c1-10(24)29-16-9-15-11(7-14(16)22)6-13(21(28)30-15)17-3-2-12(32-17)8-20(27)31-23-18(25)4-5-19(23)26/h2-3,6-7,9H,4-5,8H2,1H3. The molecule has 0 bridgehead atoms. The molecule has 1 saturated heterocycles. The van der Waals surface area contributed by atoms with Crippen LogP contribution in [0.15, 0.2) is 39.5 Å². The second-order valence-electron chi connectivity index (χ2n) is 6.85. The molecule has 0 saturated carbocycles. The maximum atomic E-state index is 12.5. The van der Waals surface area contributed by atoms with Gasteiger partial charge in [0.2, 0.25) is 0 Å². The van der Waals surface area contributed by atoms with Crippen molar-refractivity contribution in [3.8, 4) is 16.2 Å². The first-order chi connectivity index (χ1) is 15.2. The van der Waals surface area contributed by atoms with Crippen LogP contribution in [0.3, 0.4) is 0 Å². The molecule has 0 N–H and O–H groups in total. The summed E-state index contributed by atoms with van der Waals surface area (Å²) in [5.41, 5.74) is -0.180. The summed E-state index contributed by atoms with van der Waals surface area (Å²) in [4.78, 5) is 64.9. The average molecular weight is 476 g/mol. The summed E-state index contributed by atoms with van der Waals surface area (Å²) in [7, 11) is 0. The Bertz CT molecular complexity index is 1330. The molecule has 0 radical (unpaired) electrons. The van der Waals surface area contributed by atoms with Crippen LogP contribution in [0.2, 0.25) is 5.02 Å². The second kappa shape index (κ2) is 8.56. The van der Waals surface area contributed by atoms with Crippen molar-refractivity contribution in [3.63, 3.8) is 0 Å². The van der Waals surface area contributed by atoms with Gasteiger partial charge >= 0.3 is 17.6 Å². The second-order valence-corrected chi connectivity index (χ2v) is 8.43. The van der Waals surface area contributed by atoms with E-state index < -0.39 is 29.4 Å². The smallest absolute Gasteiger partial charge is 0.345 e. The van der Waals surface area contributed by atoms with Crippen LogP contribution in [0.5, 0.6) is 5.75 Å². The Kier molecular flexibility index (Phi) is 5.81. The number of nitrogens with zero attached hydrogens (tertiary/aromatic N) is 1. The number of rotatable bonds is 5. The predicted molar refractivity (Wildman–Crippen MR) is 113 cm³/mol. The fourth-order valence-electron chi connectivity index (χ4n) is 3.08. The van der Waals surface area contributed by atoms with Gasteiger partial charge in [0.25, 0.3) is 11.8 Å². The van der Waals surface area contributed by atoms with Crippen molar-refractivity contribution >= 4 is 57.7 Å². The minimum Gasteiger partial charge on any atom is -0.425 e. The molecule has 11 heteroatoms. The van der Waals surface area contributed by atoms with Gasteiger partial charge in [-0.2, -0.15) is 0 Å². The lowest BCUT2D eigenvalue weighted by atomic mass is 10.1. The number of esters is 1. The maximum absolute atomic E-state index is 12.5. The third kappa shape index (κ3) is 4.41. The number of imide groups is 1. The van der Waals surface area contributed by atoms with E-state index in [0.29, 0.717) is 20.2 Å². The number of amides is 2. The Labute approximate surface area is 189 Å². The number of carbonyl (C=O) groups is 4. The molecule has 3 aromatic rings. The first-order valence-corrected chi connectivity index (χ1v) is 10.5. The highest BCUT2D eigenvalue weighted by molar-refractivity contribution is 7.15. The van der Waals surface area contributed by atoms with Gasteiger partial charge in [-0.05, 0) is 24.3 Å². The molecule has 9 nitrogen and oxygen atoms in total. The van der Waals surface area contributed by atoms with Gasteiger partial charge in [0.1, 0.15) is 5.58 Å². The lowest BCUT2D eigenvalue weighted by Crippen LogP contribution is -2.32. The van der Waals surface area contributed by atoms with E-state index in [9.17, 15) is 24.0 Å². The highest BCUT2D eigenvalue weighted by Gasteiger charge is 2.32. The van der Waals surface area contributed by atoms with Crippen molar-refractivity contribution in [1.29, 1.82) is 0 Å². The number of fused-ring (bicyclic) bond motifs is 1. The average Bonchev–Trinajstić information content (AvgIpc) is 3.30. The number of benzene rings is 1. The van der Waals surface area contributed by atoms with E-state index in [-0.39, 0.29) is 41.2 Å². The van der Waals surface area contributed by atoms with Crippen molar-refractivity contribution in [2.24, 2.45) is 0 Å². The molecule has 0 aliphatic carbocycles. The van der Waals surface area contributed by atoms with Crippen molar-refractivity contribution in [2.45, 2.75) is 26.2 Å². The third-order valence-corrected chi connectivity index (χ3v) is 5.90. The fraction of sp³-hybridized carbons (Fsp3) is 0.190. The third-order valence-electron chi connectivity index (χ3n) is 4.48. The van der Waals surface area contributed by atoms with E-state index in [1.165, 1.54) is 19.1 Å². The van der Waals surface area contributed by atoms with E-state index in [0.717, 1.165) is 11.3 Å². The minimum absolute atomic E-state index is 0.0133. The largest absolute Gasteiger partial charge is 0.425 e. The molecule has 0 atom stereocenters. The first-order valence-electron chi connectivity index (χ1n) is 9.33. The van der Waals surface area contributed by atoms with Gasteiger partial charge < -0.3 is 14.0 Å². The molecular weight excluding hydrogens is 462 g/mol. The molecular formula is C21H14ClNO8S. The van der Waals surface area contributed by atoms with E-state index >= 15 is 0 Å². The molecule has 1 aromatic carbocycles. The molecule has 2 aromatic heterocycles. The summed E-state index contributed by atoms with van der Waals surface area (Å²) in [6, 6.07) is 7.74. The number of hydroxylamine groups is 2. The highest BCUT2D eigenvalue weighted by atomic mass is 35.5. The lowest BCUT2D eigenvalue weighted by molar-refractivity contribution is -0.196. The number of ether oxygens (including phenoxy) is 1. The van der Waals surface area contributed by atoms with Crippen LogP contribution in [-0.2, 0) is 30.4 Å². The Morgan fingerprint density at radius 2 is 1.84 bits per heavy atom. The molecule has 2 amide bonds. The predicted octanol–water partition coefficient (Wildman–Crippen LogP) is 3.25. The molecule has 1 fully saturated rings. The summed E-state index contributed by atoms with van der Waals surface area (Å²) in [5.74, 6) is -2.36. The highest BCUT2D eigenvalue weighted by Crippen LogP contribution is 2.33. The topological polar surface area (TPSA) is 120 Å². The van der Waals surface area contributed by atoms with Crippen molar-refractivity contribution < 1.29 is 33.2 Å². The zero-order valence-corrected chi connectivity index (χ0v) is 18.1. The summed E-state index contributed by atoms with van der Waals surface area (Å²) in [5, 5.41) is 1.18. The SMILES string of the molecule is CC(=O)Oc1cc2oc(=O)c(-c3ccc(CC(=O)ON4C(=O)CCC4=O)s3)cc2cc1Cl. The summed E-state index contributed by atoms with van der Waals surface area (Å²) >= 11 is 7.30. The van der Waals surface area contributed by atoms with Gasteiger partial charge in [-0.1, -0.05) is 11.6 Å². The summed E-state index contributed by atoms with van der Waals surface area (Å²) in [6.45, 7) is 1.23. The molecule has 0 spiro atoms. The van der Waals surface area contributed by atoms with E-state index in [1.54, 1.807) is 18.2 Å². The number of hydrogen-bond donors (Lipinski definition) is 0. The summed E-state index contributed by atoms with van der Waals surface area (Å²) < 4.78 is 10.3. The van der Waals surface area contributed by atoms with Gasteiger partial charge in [0.15, 0.2) is 5.75 Å². The van der Waals surface area contributed by atoms with Crippen LogP contribution in [-0.4, -0.2) is 28.8 Å². The van der Waals surface area contributed by atoms with Gasteiger partial charge in [-0.15, -0.1) is 16.4 Å². The number of halogens is 1. The Morgan fingerprint density at radius 1 is 1.12 bits per heavy atom. The van der Waals surface area contributed by atoms with Crippen LogP contribution in [0.4, 0.5) is 0 Å². The molecule has 164 valence electrons. The normalized spacial score (nSPS) is 13.6. The van der Waals surface area contributed by atoms with Crippen LogP contribution >= 0.6 is 22.9 Å². The number of carbonyl (C=O) groups excluding carboxylic acids is 4. The number of thiophene rings is 1. The molecule has 0 unspecified atom stereocenters. The Morgan fingerprint density at radius 3 is 2.53 bits per heavy atom. The fourth-order valence-corrected chi connectivity index (χ4v) is 4.28. The van der Waals surface area contributed by atoms with Crippen LogP contribution < -0.4 is 10.4 Å². The van der Waals surface area contributed by atoms with Crippen molar-refractivity contribution in [2.75, 3.05) is 0 Å². The monoisotopic (exact) mass is 475 g/mol. The van der Waals surface area contributed by atoms with Gasteiger partial charge in [0, 0.05) is 41.0 Å². The van der Waals surface area contributed by atoms with E-state index in [4.69, 9.17) is 25.6 Å². The molecule has 3 heterocycles. The van der Waals surface area contributed by atoms with Crippen molar-refractivity contribution in [1.82, 2.24) is 5.06 Å². The maximum Gasteiger partial charge on any atom is 0.345 e. The van der Waals surface area contributed by atoms with E-state index in [2.05, 4.69) is 0 Å². The minimum atomic E-state index is -0.766. The van der Waals surface area contributed by atoms with Crippen LogP contribution in [0.25, 0.3) is 21.4 Å². The quantitative estimate of drug-likeness (QED) is 0.238. The van der Waals surface area contributed by atoms with Crippen LogP contribution in [0, 0.1) is 0 Å². The lowest BCUT2D eigenvalue weighted by Gasteiger charge is -2.11. The van der Waals surface area contributed by atoms with Gasteiger partial charge in [-0.25, -0.2) is 9.59 Å². The summed E-state index contributed by atoms with van der Waals surface area (Å²) in [6.07, 6.45) is -0.156. The van der Waals surface area contributed by atoms with Crippen molar-refractivity contribution in [3.05, 3.63) is 50.7 Å². The van der Waals surface area contributed by atoms with Crippen LogP contribution in [0.1, 0.15) is 24.6 Å².